The van der Waals surface area contributed by atoms with Gasteiger partial charge in [-0.1, -0.05) is 13.0 Å². The number of benzene rings is 1. The van der Waals surface area contributed by atoms with Crippen molar-refractivity contribution in [2.24, 2.45) is 0 Å². The lowest BCUT2D eigenvalue weighted by Crippen LogP contribution is -2.54. The third kappa shape index (κ3) is 5.36. The second-order valence-electron chi connectivity index (χ2n) is 8.36. The summed E-state index contributed by atoms with van der Waals surface area (Å²) in [5.41, 5.74) is 0.939. The van der Waals surface area contributed by atoms with Crippen LogP contribution in [0, 0.1) is 0 Å². The molecule has 1 aromatic carbocycles. The van der Waals surface area contributed by atoms with Crippen LogP contribution in [0.1, 0.15) is 52.6 Å². The highest BCUT2D eigenvalue weighted by molar-refractivity contribution is 7.12. The maximum Gasteiger partial charge on any atom is 0.265 e. The Balaban J connectivity index is 1.46. The molecule has 3 atom stereocenters. The van der Waals surface area contributed by atoms with Crippen LogP contribution in [0.2, 0.25) is 0 Å². The Morgan fingerprint density at radius 2 is 2.09 bits per heavy atom. The van der Waals surface area contributed by atoms with Crippen LogP contribution < -0.4 is 15.4 Å². The minimum Gasteiger partial charge on any atom is -0.490 e. The quantitative estimate of drug-likeness (QED) is 0.674. The van der Waals surface area contributed by atoms with E-state index < -0.39 is 0 Å². The van der Waals surface area contributed by atoms with Crippen molar-refractivity contribution in [1.82, 2.24) is 10.2 Å². The van der Waals surface area contributed by atoms with Gasteiger partial charge in [0.25, 0.3) is 11.8 Å². The molecule has 0 unspecified atom stereocenters. The topological polar surface area (TPSA) is 97.0 Å². The summed E-state index contributed by atoms with van der Waals surface area (Å²) in [5, 5.41) is 7.57. The smallest absolute Gasteiger partial charge is 0.265 e. The van der Waals surface area contributed by atoms with E-state index in [0.29, 0.717) is 41.3 Å². The van der Waals surface area contributed by atoms with Crippen LogP contribution in [0.5, 0.6) is 5.75 Å². The normalized spacial score (nSPS) is 22.3. The third-order valence-electron chi connectivity index (χ3n) is 6.00. The van der Waals surface area contributed by atoms with Crippen LogP contribution in [-0.4, -0.2) is 61.1 Å². The molecule has 9 heteroatoms. The first-order valence-electron chi connectivity index (χ1n) is 11.3. The van der Waals surface area contributed by atoms with E-state index in [1.165, 1.54) is 11.3 Å². The monoisotopic (exact) mass is 471 g/mol. The van der Waals surface area contributed by atoms with Gasteiger partial charge < -0.3 is 25.0 Å². The number of amides is 3. The van der Waals surface area contributed by atoms with Crippen molar-refractivity contribution in [3.05, 3.63) is 46.2 Å². The Morgan fingerprint density at radius 1 is 1.24 bits per heavy atom. The maximum absolute atomic E-state index is 13.3. The molecule has 176 valence electrons. The number of nitrogens with one attached hydrogen (secondary N) is 2. The zero-order valence-electron chi connectivity index (χ0n) is 18.8. The van der Waals surface area contributed by atoms with Gasteiger partial charge in [-0.15, -0.1) is 11.3 Å². The average Bonchev–Trinajstić information content (AvgIpc) is 3.36. The van der Waals surface area contributed by atoms with Gasteiger partial charge in [-0.2, -0.15) is 0 Å². The fourth-order valence-corrected chi connectivity index (χ4v) is 4.87. The van der Waals surface area contributed by atoms with E-state index in [4.69, 9.17) is 9.47 Å². The molecule has 0 aliphatic carbocycles. The van der Waals surface area contributed by atoms with Crippen LogP contribution in [0.15, 0.2) is 35.7 Å². The fourth-order valence-electron chi connectivity index (χ4n) is 4.25. The summed E-state index contributed by atoms with van der Waals surface area (Å²) in [5.74, 6) is 0.0340. The molecular weight excluding hydrogens is 442 g/mol. The first kappa shape index (κ1) is 23.3. The molecule has 1 aromatic heterocycles. The molecule has 3 amide bonds. The maximum atomic E-state index is 13.3. The lowest BCUT2D eigenvalue weighted by Gasteiger charge is -2.42. The molecule has 0 saturated carbocycles. The van der Waals surface area contributed by atoms with Gasteiger partial charge in [0.1, 0.15) is 18.5 Å². The van der Waals surface area contributed by atoms with Gasteiger partial charge in [-0.3, -0.25) is 14.4 Å². The van der Waals surface area contributed by atoms with Crippen molar-refractivity contribution in [2.75, 3.05) is 25.5 Å². The van der Waals surface area contributed by atoms with Crippen molar-refractivity contribution in [1.29, 1.82) is 0 Å². The van der Waals surface area contributed by atoms with Gasteiger partial charge in [0, 0.05) is 19.3 Å². The minimum atomic E-state index is -0.317. The molecular formula is C24H29N3O5S. The minimum absolute atomic E-state index is 0.0148. The summed E-state index contributed by atoms with van der Waals surface area (Å²) >= 11 is 1.36. The van der Waals surface area contributed by atoms with E-state index in [9.17, 15) is 14.4 Å². The van der Waals surface area contributed by atoms with Crippen LogP contribution in [0.3, 0.4) is 0 Å². The molecule has 2 aliphatic heterocycles. The summed E-state index contributed by atoms with van der Waals surface area (Å²) in [6.45, 7) is 2.95. The Kier molecular flexibility index (Phi) is 7.29. The van der Waals surface area contributed by atoms with Crippen molar-refractivity contribution in [3.8, 4) is 5.75 Å². The predicted octanol–water partition coefficient (Wildman–Crippen LogP) is 3.30. The van der Waals surface area contributed by atoms with E-state index in [2.05, 4.69) is 10.6 Å². The van der Waals surface area contributed by atoms with Crippen LogP contribution in [0.4, 0.5) is 5.69 Å². The molecule has 0 radical (unpaired) electrons. The number of hydrogen-bond acceptors (Lipinski definition) is 6. The zero-order valence-corrected chi connectivity index (χ0v) is 19.7. The van der Waals surface area contributed by atoms with E-state index in [0.717, 1.165) is 12.8 Å². The molecule has 2 N–H and O–H groups in total. The molecule has 4 rings (SSSR count). The SMILES string of the molecule is CCCNC(=O)C[C@@H]1CC[C@@H]2[C@@H](COc3ccc(NC(=O)c4cccs4)cc3C(=O)N2C)O1. The summed E-state index contributed by atoms with van der Waals surface area (Å²) in [4.78, 5) is 40.1. The second kappa shape index (κ2) is 10.4. The van der Waals surface area contributed by atoms with E-state index >= 15 is 0 Å². The highest BCUT2D eigenvalue weighted by Crippen LogP contribution is 2.32. The van der Waals surface area contributed by atoms with E-state index in [-0.39, 0.29) is 42.6 Å². The Labute approximate surface area is 197 Å². The van der Waals surface area contributed by atoms with Gasteiger partial charge >= 0.3 is 0 Å². The highest BCUT2D eigenvalue weighted by atomic mass is 32.1. The Bertz CT molecular complexity index is 1010. The first-order valence-corrected chi connectivity index (χ1v) is 12.1. The molecule has 3 heterocycles. The van der Waals surface area contributed by atoms with Gasteiger partial charge in [0.15, 0.2) is 0 Å². The van der Waals surface area contributed by atoms with Crippen LogP contribution in [0.25, 0.3) is 0 Å². The molecule has 2 aromatic rings. The number of thiophene rings is 1. The summed E-state index contributed by atoms with van der Waals surface area (Å²) in [6.07, 6.45) is 2.12. The van der Waals surface area contributed by atoms with Crippen molar-refractivity contribution >= 4 is 34.7 Å². The highest BCUT2D eigenvalue weighted by Gasteiger charge is 2.39. The summed E-state index contributed by atoms with van der Waals surface area (Å²) < 4.78 is 12.2. The average molecular weight is 472 g/mol. The van der Waals surface area contributed by atoms with Gasteiger partial charge in [-0.25, -0.2) is 0 Å². The molecule has 33 heavy (non-hydrogen) atoms. The van der Waals surface area contributed by atoms with Gasteiger partial charge in [-0.05, 0) is 48.9 Å². The van der Waals surface area contributed by atoms with Gasteiger partial charge in [0.05, 0.1) is 29.0 Å². The lowest BCUT2D eigenvalue weighted by atomic mass is 9.94. The number of rotatable bonds is 6. The first-order chi connectivity index (χ1) is 16.0. The second-order valence-corrected chi connectivity index (χ2v) is 9.31. The number of fused-ring (bicyclic) bond motifs is 2. The third-order valence-corrected chi connectivity index (χ3v) is 6.87. The fraction of sp³-hybridized carbons (Fsp3) is 0.458. The number of carbonyl (C=O) groups is 3. The van der Waals surface area contributed by atoms with E-state index in [1.54, 1.807) is 36.2 Å². The van der Waals surface area contributed by atoms with Crippen LogP contribution in [-0.2, 0) is 9.53 Å². The van der Waals surface area contributed by atoms with Crippen molar-refractivity contribution in [3.63, 3.8) is 0 Å². The number of ether oxygens (including phenoxy) is 2. The van der Waals surface area contributed by atoms with E-state index in [1.807, 2.05) is 18.4 Å². The largest absolute Gasteiger partial charge is 0.490 e. The van der Waals surface area contributed by atoms with Crippen molar-refractivity contribution < 1.29 is 23.9 Å². The number of hydrogen-bond donors (Lipinski definition) is 2. The summed E-state index contributed by atoms with van der Waals surface area (Å²) in [6, 6.07) is 8.50. The number of anilines is 1. The number of nitrogens with zero attached hydrogens (tertiary/aromatic N) is 1. The summed E-state index contributed by atoms with van der Waals surface area (Å²) in [7, 11) is 1.77. The number of likely N-dealkylation sites (N-methyl/N-ethyl adjacent to an activating group) is 1. The number of carbonyl (C=O) groups excluding carboxylic acids is 3. The molecule has 8 nitrogen and oxygen atoms in total. The zero-order chi connectivity index (χ0) is 23.4. The van der Waals surface area contributed by atoms with Crippen LogP contribution >= 0.6 is 11.3 Å². The lowest BCUT2D eigenvalue weighted by molar-refractivity contribution is -0.134. The molecule has 0 spiro atoms. The molecule has 1 fully saturated rings. The Hall–Kier alpha value is -2.91. The van der Waals surface area contributed by atoms with Crippen molar-refractivity contribution in [2.45, 2.75) is 50.9 Å². The molecule has 2 aliphatic rings. The van der Waals surface area contributed by atoms with Gasteiger partial charge in [0.2, 0.25) is 5.91 Å². The predicted molar refractivity (Wildman–Crippen MR) is 126 cm³/mol. The molecule has 1 saturated heterocycles. The Morgan fingerprint density at radius 3 is 2.85 bits per heavy atom. The molecule has 0 bridgehead atoms. The standard InChI is InChI=1S/C24H29N3O5S/c1-3-10-25-22(28)13-16-7-8-18-20(32-16)14-31-19-9-6-15(12-17(19)24(30)27(18)2)26-23(29)21-5-4-11-33-21/h4-6,9,11-12,16,18,20H,3,7-8,10,13-14H2,1-2H3,(H,25,28)(H,26,29)/t16-,18+,20+/m0/s1.